The molecule has 0 saturated carbocycles. The lowest BCUT2D eigenvalue weighted by Crippen LogP contribution is -2.43. The number of hydrogen-bond donors (Lipinski definition) is 1. The van der Waals surface area contributed by atoms with E-state index in [2.05, 4.69) is 62.2 Å². The summed E-state index contributed by atoms with van der Waals surface area (Å²) in [4.78, 5) is 2.69. The van der Waals surface area contributed by atoms with Gasteiger partial charge in [0.05, 0.1) is 0 Å². The van der Waals surface area contributed by atoms with E-state index < -0.39 is 0 Å². The fourth-order valence-corrected chi connectivity index (χ4v) is 3.46. The largest absolute Gasteiger partial charge is 0.309 e. The summed E-state index contributed by atoms with van der Waals surface area (Å²) in [6.07, 6.45) is 4.08. The van der Waals surface area contributed by atoms with E-state index in [4.69, 9.17) is 0 Å². The molecule has 1 heterocycles. The molecule has 118 valence electrons. The Morgan fingerprint density at radius 2 is 1.90 bits per heavy atom. The first-order valence-corrected chi connectivity index (χ1v) is 8.65. The van der Waals surface area contributed by atoms with E-state index in [1.807, 2.05) is 0 Å². The zero-order valence-electron chi connectivity index (χ0n) is 14.2. The highest BCUT2D eigenvalue weighted by molar-refractivity contribution is 5.25. The Morgan fingerprint density at radius 1 is 1.19 bits per heavy atom. The molecule has 1 saturated heterocycles. The molecule has 0 amide bonds. The number of hydrogen-bond acceptors (Lipinski definition) is 2. The molecular weight excluding hydrogens is 256 g/mol. The van der Waals surface area contributed by atoms with Crippen molar-refractivity contribution in [3.8, 4) is 0 Å². The number of likely N-dealkylation sites (tertiary alicyclic amines) is 1. The van der Waals surface area contributed by atoms with Crippen LogP contribution in [0, 0.1) is 12.8 Å². The van der Waals surface area contributed by atoms with Gasteiger partial charge in [-0.3, -0.25) is 4.90 Å². The van der Waals surface area contributed by atoms with Gasteiger partial charge in [0.1, 0.15) is 0 Å². The molecule has 0 aromatic heterocycles. The quantitative estimate of drug-likeness (QED) is 0.875. The van der Waals surface area contributed by atoms with Crippen molar-refractivity contribution >= 4 is 0 Å². The Balaban J connectivity index is 2.10. The second-order valence-electron chi connectivity index (χ2n) is 6.76. The maximum absolute atomic E-state index is 3.71. The second kappa shape index (κ2) is 7.95. The number of rotatable bonds is 5. The zero-order chi connectivity index (χ0) is 15.2. The molecule has 0 spiro atoms. The number of nitrogens with one attached hydrogen (secondary N) is 1. The summed E-state index contributed by atoms with van der Waals surface area (Å²) in [6, 6.07) is 10.0. The van der Waals surface area contributed by atoms with Crippen LogP contribution in [0.5, 0.6) is 0 Å². The van der Waals surface area contributed by atoms with Gasteiger partial charge in [-0.05, 0) is 64.2 Å². The molecule has 3 unspecified atom stereocenters. The maximum Gasteiger partial charge on any atom is 0.0475 e. The smallest absolute Gasteiger partial charge is 0.0475 e. The minimum atomic E-state index is 0.434. The Morgan fingerprint density at radius 3 is 2.57 bits per heavy atom. The molecule has 0 bridgehead atoms. The molecular formula is C19H32N2. The second-order valence-corrected chi connectivity index (χ2v) is 6.76. The van der Waals surface area contributed by atoms with E-state index in [-0.39, 0.29) is 0 Å². The molecule has 1 aliphatic heterocycles. The number of likely N-dealkylation sites (N-methyl/N-ethyl adjacent to an activating group) is 1. The van der Waals surface area contributed by atoms with Crippen LogP contribution in [0.2, 0.25) is 0 Å². The van der Waals surface area contributed by atoms with Gasteiger partial charge in [0.25, 0.3) is 0 Å². The molecule has 3 atom stereocenters. The summed E-state index contributed by atoms with van der Waals surface area (Å²) in [5.41, 5.74) is 2.76. The number of benzene rings is 1. The Bertz CT molecular complexity index is 412. The molecule has 1 N–H and O–H groups in total. The van der Waals surface area contributed by atoms with Gasteiger partial charge in [0, 0.05) is 12.1 Å². The van der Waals surface area contributed by atoms with Gasteiger partial charge in [0.15, 0.2) is 0 Å². The van der Waals surface area contributed by atoms with Gasteiger partial charge in [-0.1, -0.05) is 43.7 Å². The summed E-state index contributed by atoms with van der Waals surface area (Å²) in [5, 5.41) is 3.71. The van der Waals surface area contributed by atoms with Gasteiger partial charge in [-0.25, -0.2) is 0 Å². The van der Waals surface area contributed by atoms with Gasteiger partial charge >= 0.3 is 0 Å². The van der Waals surface area contributed by atoms with Gasteiger partial charge in [-0.15, -0.1) is 0 Å². The lowest BCUT2D eigenvalue weighted by molar-refractivity contribution is 0.174. The summed E-state index contributed by atoms with van der Waals surface area (Å²) >= 11 is 0. The van der Waals surface area contributed by atoms with E-state index in [1.165, 1.54) is 43.5 Å². The summed E-state index contributed by atoms with van der Waals surface area (Å²) in [7, 11) is 0. The minimum absolute atomic E-state index is 0.434. The van der Waals surface area contributed by atoms with Crippen LogP contribution in [-0.4, -0.2) is 30.6 Å². The highest BCUT2D eigenvalue weighted by Crippen LogP contribution is 2.25. The van der Waals surface area contributed by atoms with Gasteiger partial charge in [-0.2, -0.15) is 0 Å². The normalized spacial score (nSPS) is 23.5. The van der Waals surface area contributed by atoms with Crippen LogP contribution in [0.25, 0.3) is 0 Å². The van der Waals surface area contributed by atoms with Crippen LogP contribution < -0.4 is 5.32 Å². The lowest BCUT2D eigenvalue weighted by Gasteiger charge is -2.35. The third-order valence-electron chi connectivity index (χ3n) is 4.97. The third-order valence-corrected chi connectivity index (χ3v) is 4.97. The van der Waals surface area contributed by atoms with Crippen molar-refractivity contribution in [1.29, 1.82) is 0 Å². The molecule has 21 heavy (non-hydrogen) atoms. The van der Waals surface area contributed by atoms with E-state index in [9.17, 15) is 0 Å². The van der Waals surface area contributed by atoms with Crippen molar-refractivity contribution < 1.29 is 0 Å². The van der Waals surface area contributed by atoms with Crippen molar-refractivity contribution in [2.75, 3.05) is 19.6 Å². The molecule has 0 radical (unpaired) electrons. The van der Waals surface area contributed by atoms with E-state index in [0.717, 1.165) is 12.5 Å². The molecule has 1 fully saturated rings. The Labute approximate surface area is 130 Å². The molecule has 0 aliphatic carbocycles. The monoisotopic (exact) mass is 288 g/mol. The summed E-state index contributed by atoms with van der Waals surface area (Å²) < 4.78 is 0. The molecule has 1 aromatic rings. The number of aryl methyl sites for hydroxylation is 1. The van der Waals surface area contributed by atoms with Crippen LogP contribution >= 0.6 is 0 Å². The Kier molecular flexibility index (Phi) is 6.25. The Hall–Kier alpha value is -0.860. The topological polar surface area (TPSA) is 15.3 Å². The highest BCUT2D eigenvalue weighted by atomic mass is 15.2. The molecule has 2 heteroatoms. The van der Waals surface area contributed by atoms with Crippen molar-refractivity contribution in [3.63, 3.8) is 0 Å². The lowest BCUT2D eigenvalue weighted by atomic mass is 9.97. The van der Waals surface area contributed by atoms with Crippen LogP contribution in [-0.2, 0) is 0 Å². The molecule has 2 rings (SSSR count). The summed E-state index contributed by atoms with van der Waals surface area (Å²) in [5.74, 6) is 0.888. The van der Waals surface area contributed by atoms with Crippen molar-refractivity contribution in [2.24, 2.45) is 5.92 Å². The summed E-state index contributed by atoms with van der Waals surface area (Å²) in [6.45, 7) is 12.7. The predicted molar refractivity (Wildman–Crippen MR) is 91.6 cm³/mol. The molecule has 2 nitrogen and oxygen atoms in total. The highest BCUT2D eigenvalue weighted by Gasteiger charge is 2.25. The van der Waals surface area contributed by atoms with Crippen molar-refractivity contribution in [3.05, 3.63) is 35.4 Å². The van der Waals surface area contributed by atoms with E-state index >= 15 is 0 Å². The third kappa shape index (κ3) is 4.55. The molecule has 1 aromatic carbocycles. The maximum atomic E-state index is 3.71. The first-order valence-electron chi connectivity index (χ1n) is 8.65. The average Bonchev–Trinajstić information content (AvgIpc) is 2.70. The fraction of sp³-hybridized carbons (Fsp3) is 0.684. The predicted octanol–water partition coefficient (Wildman–Crippen LogP) is 4.16. The molecule has 1 aliphatic rings. The van der Waals surface area contributed by atoms with Crippen LogP contribution in [0.3, 0.4) is 0 Å². The number of nitrogens with zero attached hydrogens (tertiary/aromatic N) is 1. The fourth-order valence-electron chi connectivity index (χ4n) is 3.46. The van der Waals surface area contributed by atoms with E-state index in [1.54, 1.807) is 0 Å². The van der Waals surface area contributed by atoms with Crippen LogP contribution in [0.1, 0.15) is 57.2 Å². The first kappa shape index (κ1) is 16.5. The van der Waals surface area contributed by atoms with Crippen LogP contribution in [0.15, 0.2) is 24.3 Å². The van der Waals surface area contributed by atoms with E-state index in [0.29, 0.717) is 12.1 Å². The van der Waals surface area contributed by atoms with Gasteiger partial charge < -0.3 is 5.32 Å². The van der Waals surface area contributed by atoms with Crippen molar-refractivity contribution in [1.82, 2.24) is 10.2 Å². The van der Waals surface area contributed by atoms with Gasteiger partial charge in [0.2, 0.25) is 0 Å². The standard InChI is InChI=1S/C19H32N2/c1-5-20-19(18-10-8-16(3)9-11-18)17(4)21-13-6-7-15(2)12-14-21/h8-11,15,17,19-20H,5-7,12-14H2,1-4H3. The first-order chi connectivity index (χ1) is 10.1. The SMILES string of the molecule is CCNC(c1ccc(C)cc1)C(C)N1CCCC(C)CC1. The average molecular weight is 288 g/mol. The van der Waals surface area contributed by atoms with Crippen LogP contribution in [0.4, 0.5) is 0 Å². The van der Waals surface area contributed by atoms with Crippen molar-refractivity contribution in [2.45, 2.75) is 59.0 Å². The zero-order valence-corrected chi connectivity index (χ0v) is 14.2. The minimum Gasteiger partial charge on any atom is -0.309 e.